The van der Waals surface area contributed by atoms with E-state index in [-0.39, 0.29) is 18.0 Å². The summed E-state index contributed by atoms with van der Waals surface area (Å²) in [7, 11) is 1.31. The first-order chi connectivity index (χ1) is 10.3. The quantitative estimate of drug-likeness (QED) is 0.823. The van der Waals surface area contributed by atoms with Crippen molar-refractivity contribution in [1.82, 2.24) is 4.98 Å². The van der Waals surface area contributed by atoms with Crippen molar-refractivity contribution in [1.29, 1.82) is 0 Å². The van der Waals surface area contributed by atoms with E-state index in [1.54, 1.807) is 0 Å². The molecule has 1 heterocycles. The third-order valence-electron chi connectivity index (χ3n) is 2.71. The Kier molecular flexibility index (Phi) is 4.92. The van der Waals surface area contributed by atoms with Crippen LogP contribution in [0.5, 0.6) is 5.75 Å². The Morgan fingerprint density at radius 2 is 2.18 bits per heavy atom. The van der Waals surface area contributed by atoms with Gasteiger partial charge >= 0.3 is 6.18 Å². The van der Waals surface area contributed by atoms with Crippen molar-refractivity contribution < 1.29 is 22.7 Å². The summed E-state index contributed by atoms with van der Waals surface area (Å²) in [5.74, 6) is -1.77. The van der Waals surface area contributed by atoms with E-state index in [4.69, 9.17) is 16.3 Å². The number of aromatic nitrogens is 1. The lowest BCUT2D eigenvalue weighted by Gasteiger charge is -2.13. The van der Waals surface area contributed by atoms with Crippen LogP contribution in [0.1, 0.15) is 15.2 Å². The lowest BCUT2D eigenvalue weighted by atomic mass is 10.1. The van der Waals surface area contributed by atoms with Crippen LogP contribution in [0.2, 0.25) is 4.47 Å². The number of hydrogen-bond acceptors (Lipinski definition) is 5. The first-order valence-electron chi connectivity index (χ1n) is 5.95. The standard InChI is InChI=1S/C13H10ClF3N2O2S/c1-21-7-2-3-10(9(4-7)11(20)13(15,16)17)18-5-8-6-19-12(14)22-8/h2-4,6,18H,5H2,1H3. The molecule has 1 aromatic carbocycles. The van der Waals surface area contributed by atoms with Gasteiger partial charge in [-0.15, -0.1) is 11.3 Å². The van der Waals surface area contributed by atoms with Crippen molar-refractivity contribution in [3.05, 3.63) is 39.3 Å². The van der Waals surface area contributed by atoms with Gasteiger partial charge in [0.2, 0.25) is 0 Å². The number of benzene rings is 1. The molecule has 2 rings (SSSR count). The van der Waals surface area contributed by atoms with Gasteiger partial charge in [-0.05, 0) is 18.2 Å². The number of alkyl halides is 3. The zero-order chi connectivity index (χ0) is 16.3. The van der Waals surface area contributed by atoms with E-state index in [1.807, 2.05) is 0 Å². The minimum absolute atomic E-state index is 0.0626. The predicted molar refractivity (Wildman–Crippen MR) is 77.8 cm³/mol. The first-order valence-corrected chi connectivity index (χ1v) is 7.14. The third-order valence-corrected chi connectivity index (χ3v) is 3.82. The van der Waals surface area contributed by atoms with Crippen molar-refractivity contribution in [2.75, 3.05) is 12.4 Å². The Morgan fingerprint density at radius 3 is 2.73 bits per heavy atom. The van der Waals surface area contributed by atoms with Gasteiger partial charge in [-0.25, -0.2) is 4.98 Å². The van der Waals surface area contributed by atoms with E-state index >= 15 is 0 Å². The van der Waals surface area contributed by atoms with Crippen LogP contribution in [-0.2, 0) is 6.54 Å². The molecule has 0 radical (unpaired) electrons. The van der Waals surface area contributed by atoms with Crippen LogP contribution in [0, 0.1) is 0 Å². The van der Waals surface area contributed by atoms with Gasteiger partial charge in [0, 0.05) is 16.8 Å². The summed E-state index contributed by atoms with van der Waals surface area (Å²) in [4.78, 5) is 16.1. The Bertz CT molecular complexity index is 688. The molecule has 0 bridgehead atoms. The van der Waals surface area contributed by atoms with E-state index < -0.39 is 17.5 Å². The van der Waals surface area contributed by atoms with Gasteiger partial charge in [0.15, 0.2) is 4.47 Å². The van der Waals surface area contributed by atoms with Crippen LogP contribution >= 0.6 is 22.9 Å². The summed E-state index contributed by atoms with van der Waals surface area (Å²) in [5.41, 5.74) is -0.435. The molecular weight excluding hydrogens is 341 g/mol. The lowest BCUT2D eigenvalue weighted by molar-refractivity contribution is -0.0884. The van der Waals surface area contributed by atoms with Gasteiger partial charge in [-0.1, -0.05) is 11.6 Å². The monoisotopic (exact) mass is 350 g/mol. The molecule has 0 aliphatic rings. The molecule has 0 saturated carbocycles. The highest BCUT2D eigenvalue weighted by Gasteiger charge is 2.40. The molecule has 0 aliphatic heterocycles. The van der Waals surface area contributed by atoms with Crippen molar-refractivity contribution in [3.8, 4) is 5.75 Å². The normalized spacial score (nSPS) is 11.3. The van der Waals surface area contributed by atoms with Gasteiger partial charge in [0.25, 0.3) is 5.78 Å². The SMILES string of the molecule is COc1ccc(NCc2cnc(Cl)s2)c(C(=O)C(F)(F)F)c1. The maximum atomic E-state index is 12.7. The number of Topliss-reactive ketones (excluding diaryl/α,β-unsaturated/α-hetero) is 1. The van der Waals surface area contributed by atoms with E-state index in [2.05, 4.69) is 10.3 Å². The van der Waals surface area contributed by atoms with Crippen LogP contribution in [-0.4, -0.2) is 24.1 Å². The molecule has 0 unspecified atom stereocenters. The summed E-state index contributed by atoms with van der Waals surface area (Å²) < 4.78 is 43.2. The predicted octanol–water partition coefficient (Wildman–Crippen LogP) is 4.16. The smallest absolute Gasteiger partial charge is 0.454 e. The summed E-state index contributed by atoms with van der Waals surface area (Å²) in [5, 5.41) is 2.78. The Morgan fingerprint density at radius 1 is 1.45 bits per heavy atom. The summed E-state index contributed by atoms with van der Waals surface area (Å²) in [6.07, 6.45) is -3.45. The first kappa shape index (κ1) is 16.6. The molecule has 22 heavy (non-hydrogen) atoms. The number of hydrogen-bond donors (Lipinski definition) is 1. The number of thiazole rings is 1. The van der Waals surface area contributed by atoms with E-state index in [0.717, 1.165) is 10.9 Å². The van der Waals surface area contributed by atoms with Gasteiger partial charge in [-0.2, -0.15) is 13.2 Å². The molecule has 0 fully saturated rings. The minimum atomic E-state index is -4.96. The number of nitrogens with zero attached hydrogens (tertiary/aromatic N) is 1. The van der Waals surface area contributed by atoms with E-state index in [1.165, 1.54) is 36.8 Å². The molecule has 118 valence electrons. The molecule has 2 aromatic rings. The van der Waals surface area contributed by atoms with Crippen LogP contribution in [0.4, 0.5) is 18.9 Å². The fraction of sp³-hybridized carbons (Fsp3) is 0.231. The zero-order valence-corrected chi connectivity index (χ0v) is 12.8. The van der Waals surface area contributed by atoms with E-state index in [9.17, 15) is 18.0 Å². The van der Waals surface area contributed by atoms with Crippen LogP contribution in [0.25, 0.3) is 0 Å². The van der Waals surface area contributed by atoms with Crippen molar-refractivity contribution in [2.24, 2.45) is 0 Å². The number of rotatable bonds is 5. The highest BCUT2D eigenvalue weighted by Crippen LogP contribution is 2.30. The molecule has 9 heteroatoms. The van der Waals surface area contributed by atoms with Crippen LogP contribution in [0.15, 0.2) is 24.4 Å². The maximum absolute atomic E-state index is 12.7. The number of nitrogens with one attached hydrogen (secondary N) is 1. The number of ether oxygens (including phenoxy) is 1. The molecule has 0 spiro atoms. The molecule has 0 saturated heterocycles. The Labute approximate surface area is 132 Å². The molecule has 0 amide bonds. The largest absolute Gasteiger partial charge is 0.497 e. The molecular formula is C13H10ClF3N2O2S. The maximum Gasteiger partial charge on any atom is 0.454 e. The molecule has 1 N–H and O–H groups in total. The van der Waals surface area contributed by atoms with Gasteiger partial charge in [0.1, 0.15) is 5.75 Å². The number of carbonyl (C=O) groups excluding carboxylic acids is 1. The Hall–Kier alpha value is -1.80. The number of methoxy groups -OCH3 is 1. The second-order valence-electron chi connectivity index (χ2n) is 4.17. The Balaban J connectivity index is 2.27. The number of ketones is 1. The number of halogens is 4. The van der Waals surface area contributed by atoms with E-state index in [0.29, 0.717) is 4.47 Å². The van der Waals surface area contributed by atoms with Gasteiger partial charge in [-0.3, -0.25) is 4.79 Å². The third kappa shape index (κ3) is 3.89. The van der Waals surface area contributed by atoms with Crippen molar-refractivity contribution in [2.45, 2.75) is 12.7 Å². The molecule has 0 aliphatic carbocycles. The molecule has 0 atom stereocenters. The average molecular weight is 351 g/mol. The lowest BCUT2D eigenvalue weighted by Crippen LogP contribution is -2.24. The van der Waals surface area contributed by atoms with Crippen LogP contribution in [0.3, 0.4) is 0 Å². The van der Waals surface area contributed by atoms with Gasteiger partial charge in [0.05, 0.1) is 19.2 Å². The second kappa shape index (κ2) is 6.53. The fourth-order valence-corrected chi connectivity index (χ4v) is 2.61. The minimum Gasteiger partial charge on any atom is -0.497 e. The van der Waals surface area contributed by atoms with Gasteiger partial charge < -0.3 is 10.1 Å². The highest BCUT2D eigenvalue weighted by molar-refractivity contribution is 7.15. The zero-order valence-electron chi connectivity index (χ0n) is 11.2. The summed E-state index contributed by atoms with van der Waals surface area (Å²) in [6, 6.07) is 3.88. The summed E-state index contributed by atoms with van der Waals surface area (Å²) >= 11 is 6.88. The molecule has 1 aromatic heterocycles. The average Bonchev–Trinajstić information content (AvgIpc) is 2.89. The summed E-state index contributed by atoms with van der Waals surface area (Å²) in [6.45, 7) is 0.203. The van der Waals surface area contributed by atoms with Crippen molar-refractivity contribution in [3.63, 3.8) is 0 Å². The second-order valence-corrected chi connectivity index (χ2v) is 5.87. The number of anilines is 1. The van der Waals surface area contributed by atoms with Crippen LogP contribution < -0.4 is 10.1 Å². The highest BCUT2D eigenvalue weighted by atomic mass is 35.5. The molecule has 4 nitrogen and oxygen atoms in total. The fourth-order valence-electron chi connectivity index (χ4n) is 1.69. The topological polar surface area (TPSA) is 51.2 Å². The van der Waals surface area contributed by atoms with Crippen molar-refractivity contribution >= 4 is 34.4 Å². The number of carbonyl (C=O) groups is 1.